The highest BCUT2D eigenvalue weighted by Crippen LogP contribution is 2.25. The van der Waals surface area contributed by atoms with Crippen molar-refractivity contribution in [3.63, 3.8) is 0 Å². The van der Waals surface area contributed by atoms with E-state index in [1.54, 1.807) is 6.33 Å². The van der Waals surface area contributed by atoms with E-state index in [4.69, 9.17) is 0 Å². The smallest absolute Gasteiger partial charge is 0.141 e. The number of hydrogen-bond acceptors (Lipinski definition) is 3. The highest BCUT2D eigenvalue weighted by atomic mass is 15.3. The zero-order valence-electron chi connectivity index (χ0n) is 13.8. The third-order valence-electron chi connectivity index (χ3n) is 4.16. The summed E-state index contributed by atoms with van der Waals surface area (Å²) < 4.78 is 1.96. The molecule has 0 saturated carbocycles. The van der Waals surface area contributed by atoms with E-state index in [0.29, 0.717) is 6.04 Å². The molecule has 0 bridgehead atoms. The normalized spacial score (nSPS) is 11.5. The summed E-state index contributed by atoms with van der Waals surface area (Å²) in [6.45, 7) is 4.23. The van der Waals surface area contributed by atoms with Gasteiger partial charge in [-0.2, -0.15) is 5.10 Å². The van der Waals surface area contributed by atoms with Crippen molar-refractivity contribution >= 4 is 11.0 Å². The number of rotatable bonds is 4. The van der Waals surface area contributed by atoms with E-state index in [0.717, 1.165) is 34.4 Å². The van der Waals surface area contributed by atoms with Gasteiger partial charge in [0.15, 0.2) is 0 Å². The minimum absolute atomic E-state index is 0.344. The molecular formula is C19H19N5. The highest BCUT2D eigenvalue weighted by Gasteiger charge is 2.11. The first-order valence-corrected chi connectivity index (χ1v) is 8.12. The number of benzene rings is 1. The second-order valence-corrected chi connectivity index (χ2v) is 6.23. The maximum absolute atomic E-state index is 4.49. The largest absolute Gasteiger partial charge is 0.339 e. The summed E-state index contributed by atoms with van der Waals surface area (Å²) in [6.07, 6.45) is 6.36. The summed E-state index contributed by atoms with van der Waals surface area (Å²) in [5.74, 6) is 0. The molecule has 5 nitrogen and oxygen atoms in total. The van der Waals surface area contributed by atoms with E-state index < -0.39 is 0 Å². The van der Waals surface area contributed by atoms with Crippen LogP contribution in [0.25, 0.3) is 22.3 Å². The van der Waals surface area contributed by atoms with Crippen molar-refractivity contribution in [2.75, 3.05) is 0 Å². The number of aromatic amines is 1. The van der Waals surface area contributed by atoms with E-state index in [-0.39, 0.29) is 0 Å². The number of nitrogens with zero attached hydrogens (tertiary/aromatic N) is 4. The van der Waals surface area contributed by atoms with Crippen LogP contribution in [0.5, 0.6) is 0 Å². The molecule has 3 heterocycles. The average molecular weight is 317 g/mol. The van der Waals surface area contributed by atoms with Gasteiger partial charge in [-0.3, -0.25) is 4.68 Å². The van der Waals surface area contributed by atoms with E-state index in [1.807, 2.05) is 16.9 Å². The topological polar surface area (TPSA) is 59.4 Å². The van der Waals surface area contributed by atoms with Crippen molar-refractivity contribution in [3.8, 4) is 11.3 Å². The lowest BCUT2D eigenvalue weighted by atomic mass is 10.1. The van der Waals surface area contributed by atoms with Crippen LogP contribution in [0.2, 0.25) is 0 Å². The minimum Gasteiger partial charge on any atom is -0.339 e. The summed E-state index contributed by atoms with van der Waals surface area (Å²) in [5.41, 5.74) is 5.22. The minimum atomic E-state index is 0.344. The summed E-state index contributed by atoms with van der Waals surface area (Å²) in [5, 5.41) is 5.48. The summed E-state index contributed by atoms with van der Waals surface area (Å²) >= 11 is 0. The first-order chi connectivity index (χ1) is 11.7. The van der Waals surface area contributed by atoms with Crippen molar-refractivity contribution in [2.45, 2.75) is 26.3 Å². The fourth-order valence-corrected chi connectivity index (χ4v) is 2.84. The van der Waals surface area contributed by atoms with Gasteiger partial charge in [-0.1, -0.05) is 30.3 Å². The molecule has 120 valence electrons. The number of hydrogen-bond donors (Lipinski definition) is 1. The van der Waals surface area contributed by atoms with E-state index in [2.05, 4.69) is 70.4 Å². The molecule has 0 aliphatic rings. The van der Waals surface area contributed by atoms with Gasteiger partial charge in [-0.05, 0) is 25.5 Å². The zero-order chi connectivity index (χ0) is 16.5. The molecule has 0 unspecified atom stereocenters. The van der Waals surface area contributed by atoms with Crippen LogP contribution in [0.4, 0.5) is 0 Å². The Bertz CT molecular complexity index is 966. The molecule has 0 amide bonds. The average Bonchev–Trinajstić information content (AvgIpc) is 3.23. The molecule has 3 aromatic heterocycles. The van der Waals surface area contributed by atoms with Crippen LogP contribution < -0.4 is 0 Å². The molecule has 0 aliphatic carbocycles. The van der Waals surface area contributed by atoms with Gasteiger partial charge in [-0.15, -0.1) is 0 Å². The molecule has 1 aromatic carbocycles. The lowest BCUT2D eigenvalue weighted by Crippen LogP contribution is -1.99. The molecular weight excluding hydrogens is 298 g/mol. The van der Waals surface area contributed by atoms with Crippen LogP contribution in [-0.4, -0.2) is 24.7 Å². The predicted octanol–water partition coefficient (Wildman–Crippen LogP) is 3.99. The van der Waals surface area contributed by atoms with Crippen LogP contribution in [0.1, 0.15) is 31.1 Å². The van der Waals surface area contributed by atoms with Gasteiger partial charge in [-0.25, -0.2) is 9.97 Å². The number of fused-ring (bicyclic) bond motifs is 1. The molecule has 0 atom stereocenters. The lowest BCUT2D eigenvalue weighted by Gasteiger charge is -2.02. The van der Waals surface area contributed by atoms with Gasteiger partial charge >= 0.3 is 0 Å². The molecule has 4 rings (SSSR count). The van der Waals surface area contributed by atoms with Crippen LogP contribution in [0.15, 0.2) is 55.1 Å². The maximum atomic E-state index is 4.49. The van der Waals surface area contributed by atoms with E-state index in [9.17, 15) is 0 Å². The van der Waals surface area contributed by atoms with Gasteiger partial charge in [0, 0.05) is 29.6 Å². The standard InChI is InChI=1S/C19H19N5/c1-13(2)24-11-15(10-22-24)17-9-16-18(20-12-21-19(16)23-17)8-14-6-4-3-5-7-14/h3-7,9-13H,8H2,1-2H3,(H,20,21,23). The van der Waals surface area contributed by atoms with Crippen molar-refractivity contribution in [1.29, 1.82) is 0 Å². The summed E-state index contributed by atoms with van der Waals surface area (Å²) in [4.78, 5) is 12.3. The Balaban J connectivity index is 1.73. The van der Waals surface area contributed by atoms with E-state index in [1.165, 1.54) is 5.56 Å². The number of aromatic nitrogens is 5. The lowest BCUT2D eigenvalue weighted by molar-refractivity contribution is 0.532. The highest BCUT2D eigenvalue weighted by molar-refractivity contribution is 5.84. The van der Waals surface area contributed by atoms with Gasteiger partial charge in [0.05, 0.1) is 17.6 Å². The van der Waals surface area contributed by atoms with Crippen molar-refractivity contribution < 1.29 is 0 Å². The van der Waals surface area contributed by atoms with Crippen molar-refractivity contribution in [1.82, 2.24) is 24.7 Å². The van der Waals surface area contributed by atoms with Gasteiger partial charge in [0.1, 0.15) is 12.0 Å². The second-order valence-electron chi connectivity index (χ2n) is 6.23. The molecule has 0 fully saturated rings. The zero-order valence-corrected chi connectivity index (χ0v) is 13.8. The monoisotopic (exact) mass is 317 g/mol. The first-order valence-electron chi connectivity index (χ1n) is 8.12. The fraction of sp³-hybridized carbons (Fsp3) is 0.211. The Morgan fingerprint density at radius 2 is 1.96 bits per heavy atom. The third-order valence-corrected chi connectivity index (χ3v) is 4.16. The molecule has 5 heteroatoms. The quantitative estimate of drug-likeness (QED) is 0.619. The van der Waals surface area contributed by atoms with Crippen LogP contribution >= 0.6 is 0 Å². The Kier molecular flexibility index (Phi) is 3.61. The van der Waals surface area contributed by atoms with Crippen LogP contribution in [0, 0.1) is 0 Å². The van der Waals surface area contributed by atoms with Gasteiger partial charge in [0.25, 0.3) is 0 Å². The Hall–Kier alpha value is -2.95. The molecule has 0 aliphatic heterocycles. The van der Waals surface area contributed by atoms with Crippen LogP contribution in [0.3, 0.4) is 0 Å². The maximum Gasteiger partial charge on any atom is 0.141 e. The number of H-pyrrole nitrogens is 1. The SMILES string of the molecule is CC(C)n1cc(-c2cc3c(Cc4ccccc4)ncnc3[nH]2)cn1. The van der Waals surface area contributed by atoms with Gasteiger partial charge < -0.3 is 4.98 Å². The second kappa shape index (κ2) is 5.92. The number of nitrogens with one attached hydrogen (secondary N) is 1. The van der Waals surface area contributed by atoms with E-state index >= 15 is 0 Å². The van der Waals surface area contributed by atoms with Gasteiger partial charge in [0.2, 0.25) is 0 Å². The summed E-state index contributed by atoms with van der Waals surface area (Å²) in [6, 6.07) is 12.8. The Morgan fingerprint density at radius 3 is 2.71 bits per heavy atom. The van der Waals surface area contributed by atoms with Crippen molar-refractivity contribution in [2.24, 2.45) is 0 Å². The molecule has 0 spiro atoms. The molecule has 0 saturated heterocycles. The molecule has 1 N–H and O–H groups in total. The Labute approximate surface area is 140 Å². The predicted molar refractivity (Wildman–Crippen MR) is 94.7 cm³/mol. The molecule has 24 heavy (non-hydrogen) atoms. The molecule has 4 aromatic rings. The fourth-order valence-electron chi connectivity index (χ4n) is 2.84. The van der Waals surface area contributed by atoms with Crippen molar-refractivity contribution in [3.05, 3.63) is 66.4 Å². The summed E-state index contributed by atoms with van der Waals surface area (Å²) in [7, 11) is 0. The van der Waals surface area contributed by atoms with Crippen LogP contribution in [-0.2, 0) is 6.42 Å². The molecule has 0 radical (unpaired) electrons. The Morgan fingerprint density at radius 1 is 1.12 bits per heavy atom. The first kappa shape index (κ1) is 14.6. The third kappa shape index (κ3) is 2.69.